The van der Waals surface area contributed by atoms with Gasteiger partial charge in [-0.25, -0.2) is 0 Å². The van der Waals surface area contributed by atoms with Crippen LogP contribution in [0.4, 0.5) is 11.4 Å². The Bertz CT molecular complexity index is 742. The molecule has 24 heavy (non-hydrogen) atoms. The van der Waals surface area contributed by atoms with Crippen molar-refractivity contribution in [1.29, 1.82) is 0 Å². The number of nitrogen functional groups attached to an aromatic ring is 1. The predicted molar refractivity (Wildman–Crippen MR) is 97.2 cm³/mol. The highest BCUT2D eigenvalue weighted by Crippen LogP contribution is 2.27. The Hall–Kier alpha value is -3.28. The van der Waals surface area contributed by atoms with Crippen LogP contribution in [0, 0.1) is 10.1 Å². The number of ether oxygens (including phenoxy) is 2. The van der Waals surface area contributed by atoms with Crippen molar-refractivity contribution >= 4 is 23.5 Å². The number of benzene rings is 2. The zero-order chi connectivity index (χ0) is 18.1. The Labute approximate surface area is 141 Å². The van der Waals surface area contributed by atoms with Crippen LogP contribution in [-0.2, 0) is 0 Å². The molecule has 126 valence electrons. The average molecular weight is 328 g/mol. The lowest BCUT2D eigenvalue weighted by molar-refractivity contribution is -0.385. The molecule has 0 saturated heterocycles. The molecule has 6 nitrogen and oxygen atoms in total. The fourth-order valence-corrected chi connectivity index (χ4v) is 1.86. The van der Waals surface area contributed by atoms with Gasteiger partial charge >= 0.3 is 5.69 Å². The first-order chi connectivity index (χ1) is 11.5. The maximum atomic E-state index is 10.5. The summed E-state index contributed by atoms with van der Waals surface area (Å²) in [5, 5.41) is 10.5. The zero-order valence-corrected chi connectivity index (χ0v) is 13.7. The van der Waals surface area contributed by atoms with Gasteiger partial charge in [-0.1, -0.05) is 37.4 Å². The van der Waals surface area contributed by atoms with Gasteiger partial charge in [0.05, 0.1) is 24.8 Å². The van der Waals surface area contributed by atoms with Crippen LogP contribution in [0.2, 0.25) is 0 Å². The van der Waals surface area contributed by atoms with E-state index in [0.29, 0.717) is 17.0 Å². The standard InChI is InChI=1S/C9H9NO3.C9H11NO/c1-3-7-4-5-9(13-2)8(6-7)10(11)12;1-3-7-4-5-9(11-2)8(10)6-7/h3-6H,1H2,2H3;3-6H,1,10H2,2H3. The number of anilines is 1. The van der Waals surface area contributed by atoms with E-state index in [0.717, 1.165) is 5.56 Å². The van der Waals surface area contributed by atoms with Crippen molar-refractivity contribution in [3.8, 4) is 11.5 Å². The first-order valence-corrected chi connectivity index (χ1v) is 6.97. The van der Waals surface area contributed by atoms with Crippen LogP contribution in [0.15, 0.2) is 49.6 Å². The maximum Gasteiger partial charge on any atom is 0.311 e. The lowest BCUT2D eigenvalue weighted by atomic mass is 10.2. The molecule has 2 rings (SSSR count). The van der Waals surface area contributed by atoms with E-state index in [9.17, 15) is 10.1 Å². The number of methoxy groups -OCH3 is 2. The monoisotopic (exact) mass is 328 g/mol. The number of hydrogen-bond donors (Lipinski definition) is 1. The highest BCUT2D eigenvalue weighted by molar-refractivity contribution is 5.61. The summed E-state index contributed by atoms with van der Waals surface area (Å²) in [5.74, 6) is 0.964. The molecule has 0 atom stereocenters. The van der Waals surface area contributed by atoms with Gasteiger partial charge in [0.2, 0.25) is 0 Å². The van der Waals surface area contributed by atoms with E-state index >= 15 is 0 Å². The molecule has 0 heterocycles. The fourth-order valence-electron chi connectivity index (χ4n) is 1.86. The third-order valence-electron chi connectivity index (χ3n) is 3.12. The van der Waals surface area contributed by atoms with E-state index < -0.39 is 4.92 Å². The molecule has 2 aromatic carbocycles. The largest absolute Gasteiger partial charge is 0.495 e. The van der Waals surface area contributed by atoms with E-state index in [2.05, 4.69) is 13.2 Å². The van der Waals surface area contributed by atoms with Gasteiger partial charge in [0.1, 0.15) is 5.75 Å². The van der Waals surface area contributed by atoms with Crippen LogP contribution in [-0.4, -0.2) is 19.1 Å². The second-order valence-corrected chi connectivity index (χ2v) is 4.60. The predicted octanol–water partition coefficient (Wildman–Crippen LogP) is 4.17. The van der Waals surface area contributed by atoms with Gasteiger partial charge in [0.15, 0.2) is 5.75 Å². The topological polar surface area (TPSA) is 87.6 Å². The van der Waals surface area contributed by atoms with Gasteiger partial charge in [0.25, 0.3) is 0 Å². The molecule has 0 fully saturated rings. The molecule has 0 bridgehead atoms. The van der Waals surface area contributed by atoms with Crippen LogP contribution in [0.1, 0.15) is 11.1 Å². The number of nitro groups is 1. The van der Waals surface area contributed by atoms with Gasteiger partial charge in [0, 0.05) is 6.07 Å². The van der Waals surface area contributed by atoms with Crippen LogP contribution < -0.4 is 15.2 Å². The minimum absolute atomic E-state index is 0.0418. The number of hydrogen-bond acceptors (Lipinski definition) is 5. The van der Waals surface area contributed by atoms with Crippen molar-refractivity contribution in [2.75, 3.05) is 20.0 Å². The van der Waals surface area contributed by atoms with Gasteiger partial charge in [-0.3, -0.25) is 10.1 Å². The summed E-state index contributed by atoms with van der Waals surface area (Å²) in [6, 6.07) is 10.2. The molecule has 0 radical (unpaired) electrons. The van der Waals surface area contributed by atoms with Crippen molar-refractivity contribution < 1.29 is 14.4 Å². The smallest absolute Gasteiger partial charge is 0.311 e. The Morgan fingerprint density at radius 1 is 1.00 bits per heavy atom. The fraction of sp³-hybridized carbons (Fsp3) is 0.111. The van der Waals surface area contributed by atoms with Crippen molar-refractivity contribution in [3.05, 3.63) is 70.8 Å². The highest BCUT2D eigenvalue weighted by Gasteiger charge is 2.13. The molecular weight excluding hydrogens is 308 g/mol. The molecule has 0 spiro atoms. The molecule has 0 saturated carbocycles. The zero-order valence-electron chi connectivity index (χ0n) is 13.7. The molecule has 0 unspecified atom stereocenters. The van der Waals surface area contributed by atoms with Gasteiger partial charge < -0.3 is 15.2 Å². The Morgan fingerprint density at radius 2 is 1.50 bits per heavy atom. The van der Waals surface area contributed by atoms with E-state index in [1.807, 2.05) is 18.2 Å². The molecular formula is C18H20N2O4. The van der Waals surface area contributed by atoms with Crippen molar-refractivity contribution in [2.45, 2.75) is 0 Å². The van der Waals surface area contributed by atoms with E-state index in [1.54, 1.807) is 31.4 Å². The van der Waals surface area contributed by atoms with E-state index in [4.69, 9.17) is 15.2 Å². The first kappa shape index (κ1) is 18.8. The quantitative estimate of drug-likeness (QED) is 0.505. The average Bonchev–Trinajstić information content (AvgIpc) is 2.61. The van der Waals surface area contributed by atoms with Crippen LogP contribution in [0.3, 0.4) is 0 Å². The molecule has 0 aromatic heterocycles. The van der Waals surface area contributed by atoms with Gasteiger partial charge in [-0.05, 0) is 29.3 Å². The minimum Gasteiger partial charge on any atom is -0.495 e. The van der Waals surface area contributed by atoms with Crippen molar-refractivity contribution in [1.82, 2.24) is 0 Å². The molecule has 2 aromatic rings. The number of rotatable bonds is 5. The molecule has 0 amide bonds. The summed E-state index contributed by atoms with van der Waals surface area (Å²) in [6.45, 7) is 7.15. The third kappa shape index (κ3) is 4.88. The van der Waals surface area contributed by atoms with Gasteiger partial charge in [-0.15, -0.1) is 0 Å². The number of nitro benzene ring substituents is 1. The normalized spacial score (nSPS) is 9.25. The lowest BCUT2D eigenvalue weighted by Gasteiger charge is -2.03. The second-order valence-electron chi connectivity index (χ2n) is 4.60. The van der Waals surface area contributed by atoms with Crippen LogP contribution in [0.5, 0.6) is 11.5 Å². The summed E-state index contributed by atoms with van der Waals surface area (Å²) in [6.07, 6.45) is 3.29. The van der Waals surface area contributed by atoms with Crippen molar-refractivity contribution in [2.24, 2.45) is 0 Å². The summed E-state index contributed by atoms with van der Waals surface area (Å²) in [5.41, 5.74) is 7.94. The highest BCUT2D eigenvalue weighted by atomic mass is 16.6. The number of nitrogens with two attached hydrogens (primary N) is 1. The minimum atomic E-state index is -0.480. The SMILES string of the molecule is C=Cc1ccc(OC)c(N)c1.C=Cc1ccc(OC)c([N+](=O)[O-])c1. The van der Waals surface area contributed by atoms with E-state index in [1.165, 1.54) is 13.2 Å². The summed E-state index contributed by atoms with van der Waals surface area (Å²) >= 11 is 0. The molecule has 0 aliphatic rings. The molecule has 0 aliphatic carbocycles. The first-order valence-electron chi connectivity index (χ1n) is 6.97. The van der Waals surface area contributed by atoms with Crippen molar-refractivity contribution in [3.63, 3.8) is 0 Å². The van der Waals surface area contributed by atoms with Crippen LogP contribution >= 0.6 is 0 Å². The summed E-state index contributed by atoms with van der Waals surface area (Å²) < 4.78 is 9.82. The van der Waals surface area contributed by atoms with Gasteiger partial charge in [-0.2, -0.15) is 0 Å². The number of nitrogens with zero attached hydrogens (tertiary/aromatic N) is 1. The molecule has 2 N–H and O–H groups in total. The van der Waals surface area contributed by atoms with Crippen LogP contribution in [0.25, 0.3) is 12.2 Å². The Kier molecular flexibility index (Phi) is 7.03. The molecule has 6 heteroatoms. The maximum absolute atomic E-state index is 10.5. The van der Waals surface area contributed by atoms with E-state index in [-0.39, 0.29) is 11.4 Å². The second kappa shape index (κ2) is 8.99. The summed E-state index contributed by atoms with van der Waals surface area (Å²) in [4.78, 5) is 10.1. The Balaban J connectivity index is 0.000000243. The lowest BCUT2D eigenvalue weighted by Crippen LogP contribution is -1.93. The summed E-state index contributed by atoms with van der Waals surface area (Å²) in [7, 11) is 3.00. The Morgan fingerprint density at radius 3 is 1.92 bits per heavy atom. The third-order valence-corrected chi connectivity index (χ3v) is 3.12. The molecule has 0 aliphatic heterocycles.